The summed E-state index contributed by atoms with van der Waals surface area (Å²) in [6.45, 7) is 5.82. The predicted octanol–water partition coefficient (Wildman–Crippen LogP) is 3.49. The van der Waals surface area contributed by atoms with Crippen LogP contribution in [0.1, 0.15) is 36.9 Å². The molecular weight excluding hydrogens is 354 g/mol. The number of nitrogens with zero attached hydrogens (tertiary/aromatic N) is 3. The van der Waals surface area contributed by atoms with Crippen LogP contribution in [0.15, 0.2) is 22.5 Å². The Labute approximate surface area is 145 Å². The number of piperidine rings is 1. The van der Waals surface area contributed by atoms with Gasteiger partial charge in [-0.25, -0.2) is 8.42 Å². The number of hydrogen-bond acceptors (Lipinski definition) is 4. The van der Waals surface area contributed by atoms with E-state index in [1.165, 1.54) is 5.69 Å². The van der Waals surface area contributed by atoms with Crippen LogP contribution in [0.5, 0.6) is 0 Å². The molecule has 0 radical (unpaired) electrons. The molecule has 2 aromatic rings. The third kappa shape index (κ3) is 3.20. The van der Waals surface area contributed by atoms with E-state index in [1.54, 1.807) is 10.4 Å². The lowest BCUT2D eigenvalue weighted by atomic mass is 9.94. The van der Waals surface area contributed by atoms with Crippen LogP contribution in [0.4, 0.5) is 0 Å². The monoisotopic (exact) mass is 373 g/mol. The van der Waals surface area contributed by atoms with Crippen molar-refractivity contribution in [3.63, 3.8) is 0 Å². The number of rotatable bonds is 4. The van der Waals surface area contributed by atoms with Crippen molar-refractivity contribution in [2.24, 2.45) is 0 Å². The van der Waals surface area contributed by atoms with E-state index in [0.29, 0.717) is 27.6 Å². The molecule has 0 spiro atoms. The molecule has 1 fully saturated rings. The Morgan fingerprint density at radius 1 is 1.39 bits per heavy atom. The van der Waals surface area contributed by atoms with Crippen molar-refractivity contribution >= 4 is 33.0 Å². The zero-order valence-corrected chi connectivity index (χ0v) is 15.6. The molecule has 0 bridgehead atoms. The van der Waals surface area contributed by atoms with E-state index in [9.17, 15) is 8.42 Å². The van der Waals surface area contributed by atoms with Crippen LogP contribution >= 0.6 is 22.9 Å². The van der Waals surface area contributed by atoms with Gasteiger partial charge in [-0.2, -0.15) is 9.40 Å². The van der Waals surface area contributed by atoms with Gasteiger partial charge >= 0.3 is 0 Å². The SMILES string of the molecule is CCn1nccc1C1CCN(S(=O)(=O)c2cc(C)c(Cl)s2)CC1. The van der Waals surface area contributed by atoms with Gasteiger partial charge < -0.3 is 0 Å². The Morgan fingerprint density at radius 2 is 2.09 bits per heavy atom. The van der Waals surface area contributed by atoms with Crippen LogP contribution in [0.25, 0.3) is 0 Å². The van der Waals surface area contributed by atoms with Gasteiger partial charge in [0.1, 0.15) is 4.21 Å². The van der Waals surface area contributed by atoms with Gasteiger partial charge in [0.2, 0.25) is 0 Å². The minimum Gasteiger partial charge on any atom is -0.270 e. The first-order valence-electron chi connectivity index (χ1n) is 7.71. The molecule has 0 unspecified atom stereocenters. The maximum atomic E-state index is 12.7. The van der Waals surface area contributed by atoms with Crippen LogP contribution in [0.3, 0.4) is 0 Å². The Bertz CT molecular complexity index is 770. The molecule has 0 amide bonds. The molecule has 2 aromatic heterocycles. The summed E-state index contributed by atoms with van der Waals surface area (Å²) >= 11 is 7.17. The van der Waals surface area contributed by atoms with Crippen molar-refractivity contribution in [1.82, 2.24) is 14.1 Å². The molecule has 0 N–H and O–H groups in total. The largest absolute Gasteiger partial charge is 0.270 e. The molecule has 0 atom stereocenters. The molecule has 8 heteroatoms. The van der Waals surface area contributed by atoms with Crippen molar-refractivity contribution in [2.75, 3.05) is 13.1 Å². The number of aryl methyl sites for hydroxylation is 2. The van der Waals surface area contributed by atoms with Crippen molar-refractivity contribution in [3.05, 3.63) is 33.9 Å². The standard InChI is InChI=1S/C15H20ClN3O2S2/c1-3-19-13(4-7-17-19)12-5-8-18(9-6-12)23(20,21)14-10-11(2)15(16)22-14/h4,7,10,12H,3,5-6,8-9H2,1-2H3. The second-order valence-corrected chi connectivity index (χ2v) is 9.59. The first kappa shape index (κ1) is 17.0. The molecule has 23 heavy (non-hydrogen) atoms. The van der Waals surface area contributed by atoms with Gasteiger partial charge in [-0.05, 0) is 44.4 Å². The normalized spacial score (nSPS) is 17.7. The molecule has 1 aliphatic rings. The van der Waals surface area contributed by atoms with E-state index < -0.39 is 10.0 Å². The van der Waals surface area contributed by atoms with Gasteiger partial charge in [-0.15, -0.1) is 11.3 Å². The Balaban J connectivity index is 1.73. The second-order valence-electron chi connectivity index (χ2n) is 5.77. The fraction of sp³-hybridized carbons (Fsp3) is 0.533. The second kappa shape index (κ2) is 6.55. The Kier molecular flexibility index (Phi) is 4.83. The molecule has 0 aliphatic carbocycles. The number of hydrogen-bond donors (Lipinski definition) is 0. The zero-order chi connectivity index (χ0) is 16.6. The summed E-state index contributed by atoms with van der Waals surface area (Å²) in [5.74, 6) is 0.373. The quantitative estimate of drug-likeness (QED) is 0.824. The molecule has 5 nitrogen and oxygen atoms in total. The van der Waals surface area contributed by atoms with Gasteiger partial charge in [-0.1, -0.05) is 11.6 Å². The highest BCUT2D eigenvalue weighted by Crippen LogP contribution is 2.35. The third-order valence-corrected chi connectivity index (χ3v) is 8.25. The van der Waals surface area contributed by atoms with E-state index in [-0.39, 0.29) is 0 Å². The molecule has 0 aromatic carbocycles. The fourth-order valence-electron chi connectivity index (χ4n) is 3.03. The first-order chi connectivity index (χ1) is 10.9. The maximum absolute atomic E-state index is 12.7. The molecule has 3 rings (SSSR count). The summed E-state index contributed by atoms with van der Waals surface area (Å²) in [6, 6.07) is 3.71. The van der Waals surface area contributed by atoms with Crippen molar-refractivity contribution in [2.45, 2.75) is 43.4 Å². The average molecular weight is 374 g/mol. The number of sulfonamides is 1. The summed E-state index contributed by atoms with van der Waals surface area (Å²) < 4.78 is 29.9. The summed E-state index contributed by atoms with van der Waals surface area (Å²) in [5.41, 5.74) is 2.02. The molecule has 1 aliphatic heterocycles. The lowest BCUT2D eigenvalue weighted by Gasteiger charge is -2.31. The number of aromatic nitrogens is 2. The van der Waals surface area contributed by atoms with Gasteiger partial charge in [-0.3, -0.25) is 4.68 Å². The molecule has 0 saturated carbocycles. The smallest absolute Gasteiger partial charge is 0.252 e. The van der Waals surface area contributed by atoms with E-state index in [4.69, 9.17) is 11.6 Å². The topological polar surface area (TPSA) is 55.2 Å². The predicted molar refractivity (Wildman–Crippen MR) is 92.7 cm³/mol. The van der Waals surface area contributed by atoms with Gasteiger partial charge in [0, 0.05) is 37.4 Å². The lowest BCUT2D eigenvalue weighted by molar-refractivity contribution is 0.311. The van der Waals surface area contributed by atoms with Gasteiger partial charge in [0.05, 0.1) is 4.34 Å². The molecule has 1 saturated heterocycles. The van der Waals surface area contributed by atoms with E-state index in [0.717, 1.165) is 36.3 Å². The summed E-state index contributed by atoms with van der Waals surface area (Å²) in [7, 11) is -3.43. The highest BCUT2D eigenvalue weighted by atomic mass is 35.5. The highest BCUT2D eigenvalue weighted by molar-refractivity contribution is 7.91. The molecular formula is C15H20ClN3O2S2. The average Bonchev–Trinajstić information content (AvgIpc) is 3.15. The first-order valence-corrected chi connectivity index (χ1v) is 10.3. The van der Waals surface area contributed by atoms with Crippen molar-refractivity contribution in [1.29, 1.82) is 0 Å². The fourth-order valence-corrected chi connectivity index (χ4v) is 6.36. The Morgan fingerprint density at radius 3 is 2.65 bits per heavy atom. The summed E-state index contributed by atoms with van der Waals surface area (Å²) in [4.78, 5) is 0. The minimum atomic E-state index is -3.43. The lowest BCUT2D eigenvalue weighted by Crippen LogP contribution is -2.37. The molecule has 126 valence electrons. The van der Waals surface area contributed by atoms with Crippen molar-refractivity contribution in [3.8, 4) is 0 Å². The summed E-state index contributed by atoms with van der Waals surface area (Å²) in [5, 5.41) is 4.31. The zero-order valence-electron chi connectivity index (χ0n) is 13.2. The van der Waals surface area contributed by atoms with Crippen LogP contribution in [-0.2, 0) is 16.6 Å². The number of halogens is 1. The van der Waals surface area contributed by atoms with Crippen LogP contribution < -0.4 is 0 Å². The third-order valence-electron chi connectivity index (χ3n) is 4.35. The molecule has 3 heterocycles. The van der Waals surface area contributed by atoms with E-state index >= 15 is 0 Å². The van der Waals surface area contributed by atoms with Gasteiger partial charge in [0.25, 0.3) is 10.0 Å². The summed E-state index contributed by atoms with van der Waals surface area (Å²) in [6.07, 6.45) is 3.46. The van der Waals surface area contributed by atoms with Crippen LogP contribution in [-0.4, -0.2) is 35.6 Å². The number of thiophene rings is 1. The van der Waals surface area contributed by atoms with E-state index in [2.05, 4.69) is 12.0 Å². The Hall–Kier alpha value is -0.890. The minimum absolute atomic E-state index is 0.344. The van der Waals surface area contributed by atoms with Crippen LogP contribution in [0, 0.1) is 6.92 Å². The van der Waals surface area contributed by atoms with Crippen LogP contribution in [0.2, 0.25) is 4.34 Å². The van der Waals surface area contributed by atoms with Gasteiger partial charge in [0.15, 0.2) is 0 Å². The maximum Gasteiger partial charge on any atom is 0.252 e. The van der Waals surface area contributed by atoms with E-state index in [1.807, 2.05) is 23.9 Å². The highest BCUT2D eigenvalue weighted by Gasteiger charge is 2.32. The van der Waals surface area contributed by atoms with Crippen molar-refractivity contribution < 1.29 is 8.42 Å².